The third-order valence-corrected chi connectivity index (χ3v) is 6.19. The first-order chi connectivity index (χ1) is 15.9. The van der Waals surface area contributed by atoms with Crippen LogP contribution in [-0.2, 0) is 36.6 Å². The molecule has 0 bridgehead atoms. The first-order valence-corrected chi connectivity index (χ1v) is 14.5. The number of rotatable bonds is 12. The molecule has 0 saturated carbocycles. The first kappa shape index (κ1) is 25.4. The molecule has 2 aromatic carbocycles. The highest BCUT2D eigenvalue weighted by Crippen LogP contribution is 2.33. The number of methoxy groups -OCH3 is 1. The van der Waals surface area contributed by atoms with Gasteiger partial charge in [-0.3, -0.25) is 0 Å². The van der Waals surface area contributed by atoms with Crippen LogP contribution in [0.25, 0.3) is 10.4 Å². The zero-order chi connectivity index (χ0) is 23.7. The van der Waals surface area contributed by atoms with Gasteiger partial charge in [0, 0.05) is 12.0 Å². The Hall–Kier alpha value is -2.23. The van der Waals surface area contributed by atoms with E-state index in [9.17, 15) is 0 Å². The summed E-state index contributed by atoms with van der Waals surface area (Å²) in [4.78, 5) is 2.93. The molecule has 3 rings (SSSR count). The van der Waals surface area contributed by atoms with Crippen molar-refractivity contribution < 1.29 is 23.4 Å². The van der Waals surface area contributed by atoms with Crippen LogP contribution >= 0.6 is 0 Å². The normalized spacial score (nSPS) is 23.8. The second-order valence-electron chi connectivity index (χ2n) is 8.91. The average molecular weight is 472 g/mol. The lowest BCUT2D eigenvalue weighted by molar-refractivity contribution is -0.169. The van der Waals surface area contributed by atoms with Crippen LogP contribution in [0.4, 0.5) is 0 Å². The van der Waals surface area contributed by atoms with E-state index in [1.165, 1.54) is 0 Å². The van der Waals surface area contributed by atoms with E-state index in [2.05, 4.69) is 29.7 Å². The predicted molar refractivity (Wildman–Crippen MR) is 128 cm³/mol. The van der Waals surface area contributed by atoms with Crippen LogP contribution in [0.5, 0.6) is 0 Å². The Labute approximate surface area is 196 Å². The highest BCUT2D eigenvalue weighted by Gasteiger charge is 2.51. The minimum atomic E-state index is -1.95. The molecule has 33 heavy (non-hydrogen) atoms. The summed E-state index contributed by atoms with van der Waals surface area (Å²) >= 11 is 0. The molecule has 1 heterocycles. The van der Waals surface area contributed by atoms with Gasteiger partial charge in [-0.1, -0.05) is 65.8 Å². The van der Waals surface area contributed by atoms with Gasteiger partial charge < -0.3 is 23.4 Å². The zero-order valence-corrected chi connectivity index (χ0v) is 20.7. The number of benzene rings is 2. The van der Waals surface area contributed by atoms with E-state index in [0.717, 1.165) is 11.1 Å². The average Bonchev–Trinajstić information content (AvgIpc) is 3.14. The fraction of sp³-hybridized carbons (Fsp3) is 0.500. The molecule has 0 unspecified atom stereocenters. The number of hydrogen-bond donors (Lipinski definition) is 0. The van der Waals surface area contributed by atoms with Gasteiger partial charge in [0.05, 0.1) is 25.9 Å². The quantitative estimate of drug-likeness (QED) is 0.187. The summed E-state index contributed by atoms with van der Waals surface area (Å²) in [7, 11) is -0.362. The smallest absolute Gasteiger partial charge is 0.185 e. The Bertz CT molecular complexity index is 890. The van der Waals surface area contributed by atoms with Gasteiger partial charge in [0.15, 0.2) is 14.6 Å². The molecule has 5 atom stereocenters. The summed E-state index contributed by atoms with van der Waals surface area (Å²) in [5.74, 6) is 0. The van der Waals surface area contributed by atoms with Crippen LogP contribution in [0, 0.1) is 0 Å². The fourth-order valence-electron chi connectivity index (χ4n) is 3.77. The van der Waals surface area contributed by atoms with Crippen molar-refractivity contribution in [3.05, 3.63) is 82.2 Å². The molecule has 0 amide bonds. The van der Waals surface area contributed by atoms with Gasteiger partial charge in [-0.2, -0.15) is 0 Å². The maximum atomic E-state index is 8.95. The summed E-state index contributed by atoms with van der Waals surface area (Å²) in [5, 5.41) is 3.78. The molecule has 1 aliphatic rings. The molecule has 8 nitrogen and oxygen atoms in total. The maximum absolute atomic E-state index is 8.95. The monoisotopic (exact) mass is 471 g/mol. The lowest BCUT2D eigenvalue weighted by Crippen LogP contribution is -2.47. The number of ether oxygens (including phenoxy) is 4. The molecule has 1 saturated heterocycles. The van der Waals surface area contributed by atoms with E-state index in [4.69, 9.17) is 28.9 Å². The van der Waals surface area contributed by atoms with Crippen molar-refractivity contribution in [2.45, 2.75) is 63.6 Å². The standard InChI is InChI=1S/C24H33N3O5Si/c1-28-24-23(32-33(2,3)4)22(30-17-19-13-9-6-10-14-19)21(31-24)20(15-26-27-25)29-16-18-11-7-5-8-12-18/h5-14,20-24H,15-17H2,1-4H3/t20-,21-,22+,23-,24+/m1/s1. The maximum Gasteiger partial charge on any atom is 0.185 e. The molecule has 178 valence electrons. The fourth-order valence-corrected chi connectivity index (χ4v) is 4.84. The minimum absolute atomic E-state index is 0.106. The molecular formula is C24H33N3O5Si. The Morgan fingerprint density at radius 1 is 0.970 bits per heavy atom. The van der Waals surface area contributed by atoms with Crippen LogP contribution in [0.3, 0.4) is 0 Å². The van der Waals surface area contributed by atoms with Gasteiger partial charge in [0.2, 0.25) is 0 Å². The SMILES string of the molecule is CO[C@H]1O[C@H]([C@@H](CN=[N+]=[N-])OCc2ccccc2)[C@H](OCc2ccccc2)[C@H]1O[Si](C)(C)C. The number of azide groups is 1. The van der Waals surface area contributed by atoms with Crippen molar-refractivity contribution in [3.63, 3.8) is 0 Å². The Morgan fingerprint density at radius 2 is 1.58 bits per heavy atom. The molecule has 1 aliphatic heterocycles. The van der Waals surface area contributed by atoms with Crippen molar-refractivity contribution in [3.8, 4) is 0 Å². The van der Waals surface area contributed by atoms with Gasteiger partial charge in [-0.05, 0) is 36.3 Å². The lowest BCUT2D eigenvalue weighted by atomic mass is 10.0. The van der Waals surface area contributed by atoms with Crippen LogP contribution in [-0.4, -0.2) is 52.7 Å². The van der Waals surface area contributed by atoms with Gasteiger partial charge in [0.1, 0.15) is 18.3 Å². The van der Waals surface area contributed by atoms with E-state index >= 15 is 0 Å². The second kappa shape index (κ2) is 12.3. The Morgan fingerprint density at radius 3 is 2.12 bits per heavy atom. The second-order valence-corrected chi connectivity index (χ2v) is 13.4. The van der Waals surface area contributed by atoms with E-state index < -0.39 is 39.0 Å². The number of nitrogens with zero attached hydrogens (tertiary/aromatic N) is 3. The molecular weight excluding hydrogens is 438 g/mol. The number of hydrogen-bond acceptors (Lipinski definition) is 6. The van der Waals surface area contributed by atoms with Crippen molar-refractivity contribution >= 4 is 8.32 Å². The molecule has 0 radical (unpaired) electrons. The molecule has 2 aromatic rings. The van der Waals surface area contributed by atoms with E-state index in [-0.39, 0.29) is 6.54 Å². The highest BCUT2D eigenvalue weighted by molar-refractivity contribution is 6.69. The largest absolute Gasteiger partial charge is 0.407 e. The predicted octanol–water partition coefficient (Wildman–Crippen LogP) is 5.06. The summed E-state index contributed by atoms with van der Waals surface area (Å²) in [5.41, 5.74) is 11.0. The van der Waals surface area contributed by atoms with Crippen LogP contribution in [0.1, 0.15) is 11.1 Å². The molecule has 1 fully saturated rings. The molecule has 0 N–H and O–H groups in total. The Kier molecular flexibility index (Phi) is 9.46. The first-order valence-electron chi connectivity index (χ1n) is 11.1. The van der Waals surface area contributed by atoms with Crippen molar-refractivity contribution in [2.75, 3.05) is 13.7 Å². The van der Waals surface area contributed by atoms with Crippen molar-refractivity contribution in [1.29, 1.82) is 0 Å². The summed E-state index contributed by atoms with van der Waals surface area (Å²) in [6, 6.07) is 19.8. The zero-order valence-electron chi connectivity index (χ0n) is 19.7. The van der Waals surface area contributed by atoms with E-state index in [1.807, 2.05) is 60.7 Å². The Balaban J connectivity index is 1.84. The summed E-state index contributed by atoms with van der Waals surface area (Å²) < 4.78 is 30.9. The van der Waals surface area contributed by atoms with Crippen LogP contribution < -0.4 is 0 Å². The summed E-state index contributed by atoms with van der Waals surface area (Å²) in [6.45, 7) is 7.20. The van der Waals surface area contributed by atoms with Gasteiger partial charge in [0.25, 0.3) is 0 Å². The van der Waals surface area contributed by atoms with Crippen molar-refractivity contribution in [2.24, 2.45) is 5.11 Å². The molecule has 0 spiro atoms. The third kappa shape index (κ3) is 7.65. The van der Waals surface area contributed by atoms with Crippen LogP contribution in [0.15, 0.2) is 65.8 Å². The van der Waals surface area contributed by atoms with E-state index in [1.54, 1.807) is 7.11 Å². The molecule has 0 aromatic heterocycles. The van der Waals surface area contributed by atoms with Crippen LogP contribution in [0.2, 0.25) is 19.6 Å². The minimum Gasteiger partial charge on any atom is -0.407 e. The van der Waals surface area contributed by atoms with Gasteiger partial charge in [-0.25, -0.2) is 0 Å². The third-order valence-electron chi connectivity index (χ3n) is 5.21. The topological polar surface area (TPSA) is 94.9 Å². The van der Waals surface area contributed by atoms with E-state index in [0.29, 0.717) is 13.2 Å². The lowest BCUT2D eigenvalue weighted by Gasteiger charge is -2.31. The summed E-state index contributed by atoms with van der Waals surface area (Å²) in [6.07, 6.45) is -2.57. The van der Waals surface area contributed by atoms with Gasteiger partial charge in [-0.15, -0.1) is 0 Å². The van der Waals surface area contributed by atoms with Crippen molar-refractivity contribution in [1.82, 2.24) is 0 Å². The molecule has 9 heteroatoms. The van der Waals surface area contributed by atoms with Gasteiger partial charge >= 0.3 is 0 Å². The highest BCUT2D eigenvalue weighted by atomic mass is 28.4. The molecule has 0 aliphatic carbocycles.